The molecule has 6 heteroatoms. The highest BCUT2D eigenvalue weighted by atomic mass is 16.5. The van der Waals surface area contributed by atoms with E-state index in [4.69, 9.17) is 13.9 Å². The summed E-state index contributed by atoms with van der Waals surface area (Å²) in [5.74, 6) is 2.51. The van der Waals surface area contributed by atoms with E-state index in [1.807, 2.05) is 68.4 Å². The fraction of sp³-hybridized carbons (Fsp3) is 0.240. The summed E-state index contributed by atoms with van der Waals surface area (Å²) in [6.45, 7) is 3.63. The molecule has 0 atom stereocenters. The molecule has 2 aliphatic rings. The highest BCUT2D eigenvalue weighted by Crippen LogP contribution is 2.44. The standard InChI is InChI=1S/C25H24N2O4/c1-16-11-21-20(14-27(15-30-21)13-19-5-4-10-29-19)25-23(16)24(28)22(31-25)12-17-6-8-18(9-7-17)26(2)3/h4-12H,13-15H2,1-3H3/b22-12-. The molecular formula is C25H24N2O4. The molecule has 0 unspecified atom stereocenters. The van der Waals surface area contributed by atoms with Crippen LogP contribution in [0.15, 0.2) is 58.9 Å². The Hall–Kier alpha value is -3.51. The van der Waals surface area contributed by atoms with Crippen LogP contribution in [0.2, 0.25) is 0 Å². The van der Waals surface area contributed by atoms with Gasteiger partial charge in [-0.1, -0.05) is 12.1 Å². The van der Waals surface area contributed by atoms with E-state index in [9.17, 15) is 4.79 Å². The summed E-state index contributed by atoms with van der Waals surface area (Å²) in [7, 11) is 3.99. The molecule has 158 valence electrons. The molecule has 31 heavy (non-hydrogen) atoms. The highest BCUT2D eigenvalue weighted by Gasteiger charge is 2.35. The third-order valence-corrected chi connectivity index (χ3v) is 5.65. The van der Waals surface area contributed by atoms with Crippen molar-refractivity contribution in [3.63, 3.8) is 0 Å². The monoisotopic (exact) mass is 416 g/mol. The predicted octanol–water partition coefficient (Wildman–Crippen LogP) is 4.62. The van der Waals surface area contributed by atoms with Crippen molar-refractivity contribution in [1.82, 2.24) is 4.90 Å². The third-order valence-electron chi connectivity index (χ3n) is 5.65. The summed E-state index contributed by atoms with van der Waals surface area (Å²) in [5.41, 5.74) is 4.41. The van der Waals surface area contributed by atoms with Gasteiger partial charge in [-0.3, -0.25) is 9.69 Å². The molecule has 0 radical (unpaired) electrons. The Morgan fingerprint density at radius 2 is 1.97 bits per heavy atom. The van der Waals surface area contributed by atoms with Crippen LogP contribution in [0.5, 0.6) is 11.5 Å². The van der Waals surface area contributed by atoms with Crippen molar-refractivity contribution >= 4 is 17.5 Å². The Morgan fingerprint density at radius 1 is 1.16 bits per heavy atom. The molecule has 0 amide bonds. The minimum absolute atomic E-state index is 0.0878. The lowest BCUT2D eigenvalue weighted by atomic mass is 9.98. The van der Waals surface area contributed by atoms with Crippen LogP contribution in [-0.2, 0) is 13.1 Å². The number of benzene rings is 2. The number of Topliss-reactive ketones (excluding diaryl/α,β-unsaturated/α-hetero) is 1. The Balaban J connectivity index is 1.45. The molecule has 3 aromatic rings. The van der Waals surface area contributed by atoms with Gasteiger partial charge in [-0.05, 0) is 54.5 Å². The van der Waals surface area contributed by atoms with Gasteiger partial charge >= 0.3 is 0 Å². The molecule has 2 aromatic carbocycles. The first-order valence-electron chi connectivity index (χ1n) is 10.3. The van der Waals surface area contributed by atoms with Gasteiger partial charge in [0.25, 0.3) is 0 Å². The van der Waals surface area contributed by atoms with E-state index in [1.54, 1.807) is 12.3 Å². The minimum Gasteiger partial charge on any atom is -0.478 e. The van der Waals surface area contributed by atoms with E-state index in [2.05, 4.69) is 4.90 Å². The van der Waals surface area contributed by atoms with E-state index >= 15 is 0 Å². The van der Waals surface area contributed by atoms with Gasteiger partial charge in [-0.2, -0.15) is 0 Å². The van der Waals surface area contributed by atoms with Gasteiger partial charge in [0.2, 0.25) is 5.78 Å². The largest absolute Gasteiger partial charge is 0.478 e. The molecule has 0 spiro atoms. The number of hydrogen-bond donors (Lipinski definition) is 0. The number of rotatable bonds is 4. The Kier molecular flexibility index (Phi) is 4.79. The highest BCUT2D eigenvalue weighted by molar-refractivity contribution is 6.15. The van der Waals surface area contributed by atoms with Gasteiger partial charge in [0.15, 0.2) is 5.76 Å². The second-order valence-electron chi connectivity index (χ2n) is 8.14. The average Bonchev–Trinajstić information content (AvgIpc) is 3.38. The first-order valence-corrected chi connectivity index (χ1v) is 10.3. The molecule has 0 fully saturated rings. The summed E-state index contributed by atoms with van der Waals surface area (Å²) < 4.78 is 17.6. The van der Waals surface area contributed by atoms with E-state index in [1.165, 1.54) is 0 Å². The molecule has 2 aliphatic heterocycles. The van der Waals surface area contributed by atoms with Crippen molar-refractivity contribution in [2.24, 2.45) is 0 Å². The summed E-state index contributed by atoms with van der Waals surface area (Å²) >= 11 is 0. The first kappa shape index (κ1) is 19.5. The molecule has 0 saturated carbocycles. The van der Waals surface area contributed by atoms with E-state index in [-0.39, 0.29) is 5.78 Å². The zero-order valence-corrected chi connectivity index (χ0v) is 17.8. The Morgan fingerprint density at radius 3 is 2.68 bits per heavy atom. The van der Waals surface area contributed by atoms with Crippen molar-refractivity contribution in [1.29, 1.82) is 0 Å². The normalized spacial score (nSPS) is 16.6. The van der Waals surface area contributed by atoms with Crippen LogP contribution >= 0.6 is 0 Å². The van der Waals surface area contributed by atoms with Crippen LogP contribution in [0.1, 0.15) is 32.8 Å². The summed E-state index contributed by atoms with van der Waals surface area (Å²) in [4.78, 5) is 17.3. The van der Waals surface area contributed by atoms with Crippen LogP contribution in [0.25, 0.3) is 6.08 Å². The number of ketones is 1. The lowest BCUT2D eigenvalue weighted by molar-refractivity contribution is 0.0809. The maximum absolute atomic E-state index is 13.1. The summed E-state index contributed by atoms with van der Waals surface area (Å²) in [6, 6.07) is 13.8. The number of carbonyl (C=O) groups is 1. The maximum atomic E-state index is 13.1. The second kappa shape index (κ2) is 7.63. The number of ether oxygens (including phenoxy) is 2. The number of allylic oxidation sites excluding steroid dienone is 1. The maximum Gasteiger partial charge on any atom is 0.232 e. The van der Waals surface area contributed by atoms with E-state index in [0.717, 1.165) is 33.9 Å². The van der Waals surface area contributed by atoms with Crippen LogP contribution in [0, 0.1) is 6.92 Å². The number of nitrogens with zero attached hydrogens (tertiary/aromatic N) is 2. The third kappa shape index (κ3) is 3.59. The minimum atomic E-state index is -0.0878. The molecule has 1 aromatic heterocycles. The van der Waals surface area contributed by atoms with Gasteiger partial charge < -0.3 is 18.8 Å². The molecule has 3 heterocycles. The van der Waals surface area contributed by atoms with Crippen molar-refractivity contribution in [2.45, 2.75) is 20.0 Å². The van der Waals surface area contributed by atoms with Gasteiger partial charge in [-0.15, -0.1) is 0 Å². The SMILES string of the molecule is Cc1cc2c(c3c1C(=O)/C(=C/c1ccc(N(C)C)cc1)O3)CN(Cc1ccco1)CO2. The zero-order chi connectivity index (χ0) is 21.5. The van der Waals surface area contributed by atoms with Crippen molar-refractivity contribution in [3.8, 4) is 11.5 Å². The fourth-order valence-corrected chi connectivity index (χ4v) is 4.02. The number of carbonyl (C=O) groups excluding carboxylic acids is 1. The second-order valence-corrected chi connectivity index (χ2v) is 8.14. The smallest absolute Gasteiger partial charge is 0.232 e. The van der Waals surface area contributed by atoms with Gasteiger partial charge in [0, 0.05) is 26.3 Å². The molecule has 0 aliphatic carbocycles. The lowest BCUT2D eigenvalue weighted by Gasteiger charge is -2.29. The van der Waals surface area contributed by atoms with Crippen LogP contribution in [-0.4, -0.2) is 31.5 Å². The quantitative estimate of drug-likeness (QED) is 0.579. The van der Waals surface area contributed by atoms with E-state index in [0.29, 0.717) is 36.9 Å². The predicted molar refractivity (Wildman–Crippen MR) is 118 cm³/mol. The lowest BCUT2D eigenvalue weighted by Crippen LogP contribution is -2.31. The number of fused-ring (bicyclic) bond motifs is 3. The number of aryl methyl sites for hydroxylation is 1. The number of furan rings is 1. The average molecular weight is 416 g/mol. The molecular weight excluding hydrogens is 392 g/mol. The van der Waals surface area contributed by atoms with Crippen LogP contribution in [0.3, 0.4) is 0 Å². The van der Waals surface area contributed by atoms with Crippen LogP contribution in [0.4, 0.5) is 5.69 Å². The molecule has 6 nitrogen and oxygen atoms in total. The summed E-state index contributed by atoms with van der Waals surface area (Å²) in [5, 5.41) is 0. The Bertz CT molecular complexity index is 1160. The first-order chi connectivity index (χ1) is 15.0. The summed E-state index contributed by atoms with van der Waals surface area (Å²) in [6.07, 6.45) is 3.47. The number of hydrogen-bond acceptors (Lipinski definition) is 6. The molecule has 0 N–H and O–H groups in total. The van der Waals surface area contributed by atoms with Crippen molar-refractivity contribution < 1.29 is 18.7 Å². The Labute approximate surface area is 181 Å². The van der Waals surface area contributed by atoms with Crippen molar-refractivity contribution in [2.75, 3.05) is 25.7 Å². The van der Waals surface area contributed by atoms with Crippen LogP contribution < -0.4 is 14.4 Å². The molecule has 5 rings (SSSR count). The molecule has 0 bridgehead atoms. The van der Waals surface area contributed by atoms with Gasteiger partial charge in [0.1, 0.15) is 24.0 Å². The topological polar surface area (TPSA) is 55.2 Å². The van der Waals surface area contributed by atoms with Gasteiger partial charge in [0.05, 0.1) is 23.9 Å². The van der Waals surface area contributed by atoms with E-state index < -0.39 is 0 Å². The van der Waals surface area contributed by atoms with Crippen molar-refractivity contribution in [3.05, 3.63) is 82.5 Å². The fourth-order valence-electron chi connectivity index (χ4n) is 4.02. The zero-order valence-electron chi connectivity index (χ0n) is 17.8. The molecule has 0 saturated heterocycles. The van der Waals surface area contributed by atoms with Gasteiger partial charge in [-0.25, -0.2) is 0 Å². The number of anilines is 1.